The Morgan fingerprint density at radius 1 is 1.24 bits per heavy atom. The summed E-state index contributed by atoms with van der Waals surface area (Å²) >= 11 is 3.38. The standard InChI is InChI=1S/C19H15BrN2O3/c1-13(19(24)22-16-7-4-5-14(11-16)12-21)25-18(23)10-9-15-6-2-3-8-17(15)20/h2-11,13H,1H3,(H,22,24)/b10-9+/t13-/m1/s1. The van der Waals surface area contributed by atoms with Crippen LogP contribution in [-0.4, -0.2) is 18.0 Å². The van der Waals surface area contributed by atoms with Gasteiger partial charge in [-0.2, -0.15) is 5.26 Å². The fourth-order valence-electron chi connectivity index (χ4n) is 1.95. The van der Waals surface area contributed by atoms with E-state index in [0.29, 0.717) is 11.3 Å². The van der Waals surface area contributed by atoms with Crippen LogP contribution in [-0.2, 0) is 14.3 Å². The molecule has 0 radical (unpaired) electrons. The lowest BCUT2D eigenvalue weighted by atomic mass is 10.2. The molecule has 1 amide bonds. The van der Waals surface area contributed by atoms with Crippen LogP contribution in [0.1, 0.15) is 18.1 Å². The van der Waals surface area contributed by atoms with Gasteiger partial charge in [0.25, 0.3) is 5.91 Å². The van der Waals surface area contributed by atoms with Crippen LogP contribution in [0.4, 0.5) is 5.69 Å². The highest BCUT2D eigenvalue weighted by atomic mass is 79.9. The van der Waals surface area contributed by atoms with Crippen LogP contribution in [0.25, 0.3) is 6.08 Å². The van der Waals surface area contributed by atoms with E-state index in [1.807, 2.05) is 30.3 Å². The number of carbonyl (C=O) groups excluding carboxylic acids is 2. The Kier molecular flexibility index (Phi) is 6.49. The van der Waals surface area contributed by atoms with Crippen molar-refractivity contribution < 1.29 is 14.3 Å². The van der Waals surface area contributed by atoms with Crippen LogP contribution in [0.5, 0.6) is 0 Å². The number of hydrogen-bond acceptors (Lipinski definition) is 4. The van der Waals surface area contributed by atoms with Crippen LogP contribution >= 0.6 is 15.9 Å². The van der Waals surface area contributed by atoms with Crippen LogP contribution in [0.3, 0.4) is 0 Å². The molecule has 0 aromatic heterocycles. The first kappa shape index (κ1) is 18.4. The number of carbonyl (C=O) groups is 2. The summed E-state index contributed by atoms with van der Waals surface area (Å²) in [6.45, 7) is 1.48. The number of amides is 1. The highest BCUT2D eigenvalue weighted by Gasteiger charge is 2.16. The molecule has 0 saturated carbocycles. The second-order valence-electron chi connectivity index (χ2n) is 5.12. The van der Waals surface area contributed by atoms with Crippen molar-refractivity contribution in [3.8, 4) is 6.07 Å². The summed E-state index contributed by atoms with van der Waals surface area (Å²) in [5.74, 6) is -1.10. The zero-order valence-corrected chi connectivity index (χ0v) is 15.0. The van der Waals surface area contributed by atoms with Gasteiger partial charge in [-0.15, -0.1) is 0 Å². The topological polar surface area (TPSA) is 79.2 Å². The molecule has 1 atom stereocenters. The molecule has 126 valence electrons. The SMILES string of the molecule is C[C@@H](OC(=O)/C=C/c1ccccc1Br)C(=O)Nc1cccc(C#N)c1. The van der Waals surface area contributed by atoms with Gasteiger partial charge < -0.3 is 10.1 Å². The van der Waals surface area contributed by atoms with E-state index >= 15 is 0 Å². The van der Waals surface area contributed by atoms with Crippen LogP contribution in [0.2, 0.25) is 0 Å². The average Bonchev–Trinajstić information content (AvgIpc) is 2.61. The second-order valence-corrected chi connectivity index (χ2v) is 5.97. The molecule has 0 bridgehead atoms. The van der Waals surface area contributed by atoms with Crippen molar-refractivity contribution in [2.45, 2.75) is 13.0 Å². The van der Waals surface area contributed by atoms with E-state index in [4.69, 9.17) is 10.00 Å². The molecular weight excluding hydrogens is 384 g/mol. The van der Waals surface area contributed by atoms with Gasteiger partial charge >= 0.3 is 5.97 Å². The highest BCUT2D eigenvalue weighted by Crippen LogP contribution is 2.17. The Morgan fingerprint density at radius 2 is 2.00 bits per heavy atom. The Balaban J connectivity index is 1.93. The van der Waals surface area contributed by atoms with Gasteiger partial charge in [-0.05, 0) is 42.8 Å². The number of hydrogen-bond donors (Lipinski definition) is 1. The van der Waals surface area contributed by atoms with Gasteiger partial charge in [-0.25, -0.2) is 4.79 Å². The van der Waals surface area contributed by atoms with Crippen molar-refractivity contribution in [1.82, 2.24) is 0 Å². The van der Waals surface area contributed by atoms with E-state index in [0.717, 1.165) is 10.0 Å². The molecule has 2 aromatic carbocycles. The third-order valence-corrected chi connectivity index (χ3v) is 3.95. The first-order valence-electron chi connectivity index (χ1n) is 7.44. The monoisotopic (exact) mass is 398 g/mol. The number of rotatable bonds is 5. The van der Waals surface area contributed by atoms with Crippen molar-refractivity contribution >= 4 is 39.6 Å². The number of benzene rings is 2. The average molecular weight is 399 g/mol. The summed E-state index contributed by atoms with van der Waals surface area (Å²) in [6.07, 6.45) is 1.90. The maximum Gasteiger partial charge on any atom is 0.331 e. The van der Waals surface area contributed by atoms with E-state index in [1.54, 1.807) is 30.3 Å². The zero-order chi connectivity index (χ0) is 18.2. The summed E-state index contributed by atoms with van der Waals surface area (Å²) in [7, 11) is 0. The first-order valence-corrected chi connectivity index (χ1v) is 8.23. The largest absolute Gasteiger partial charge is 0.449 e. The van der Waals surface area contributed by atoms with Gasteiger partial charge in [0.1, 0.15) is 0 Å². The van der Waals surface area contributed by atoms with E-state index in [1.165, 1.54) is 13.0 Å². The van der Waals surface area contributed by atoms with Crippen molar-refractivity contribution in [1.29, 1.82) is 5.26 Å². The van der Waals surface area contributed by atoms with Gasteiger partial charge in [0.05, 0.1) is 11.6 Å². The quantitative estimate of drug-likeness (QED) is 0.611. The molecule has 2 rings (SSSR count). The van der Waals surface area contributed by atoms with Crippen LogP contribution in [0, 0.1) is 11.3 Å². The molecule has 5 nitrogen and oxygen atoms in total. The molecule has 0 unspecified atom stereocenters. The van der Waals surface area contributed by atoms with E-state index < -0.39 is 18.0 Å². The van der Waals surface area contributed by atoms with Crippen molar-refractivity contribution in [3.05, 3.63) is 70.2 Å². The Morgan fingerprint density at radius 3 is 2.72 bits per heavy atom. The number of anilines is 1. The van der Waals surface area contributed by atoms with Crippen LogP contribution in [0.15, 0.2) is 59.1 Å². The Bertz CT molecular complexity index is 856. The van der Waals surface area contributed by atoms with E-state index in [-0.39, 0.29) is 0 Å². The van der Waals surface area contributed by atoms with Gasteiger partial charge in [-0.1, -0.05) is 40.2 Å². The summed E-state index contributed by atoms with van der Waals surface area (Å²) in [5.41, 5.74) is 1.72. The maximum atomic E-state index is 12.1. The van der Waals surface area contributed by atoms with E-state index in [2.05, 4.69) is 21.2 Å². The molecule has 0 aliphatic heterocycles. The minimum Gasteiger partial charge on any atom is -0.449 e. The molecule has 0 aliphatic carbocycles. The van der Waals surface area contributed by atoms with E-state index in [9.17, 15) is 9.59 Å². The number of esters is 1. The third kappa shape index (κ3) is 5.59. The summed E-state index contributed by atoms with van der Waals surface area (Å²) < 4.78 is 5.93. The predicted octanol–water partition coefficient (Wildman–Crippen LogP) is 3.90. The minimum absolute atomic E-state index is 0.429. The van der Waals surface area contributed by atoms with Crippen molar-refractivity contribution in [2.75, 3.05) is 5.32 Å². The lowest BCUT2D eigenvalue weighted by Crippen LogP contribution is -2.29. The number of halogens is 1. The third-order valence-electron chi connectivity index (χ3n) is 3.23. The normalized spacial score (nSPS) is 11.6. The molecule has 0 fully saturated rings. The molecular formula is C19H15BrN2O3. The molecule has 0 aliphatic rings. The number of nitrogens with zero attached hydrogens (tertiary/aromatic N) is 1. The molecule has 0 spiro atoms. The minimum atomic E-state index is -0.970. The smallest absolute Gasteiger partial charge is 0.331 e. The van der Waals surface area contributed by atoms with Crippen molar-refractivity contribution in [2.24, 2.45) is 0 Å². The molecule has 2 aromatic rings. The lowest BCUT2D eigenvalue weighted by molar-refractivity contribution is -0.148. The zero-order valence-electron chi connectivity index (χ0n) is 13.4. The van der Waals surface area contributed by atoms with Gasteiger partial charge in [0.2, 0.25) is 0 Å². The summed E-state index contributed by atoms with van der Waals surface area (Å²) in [6, 6.07) is 15.9. The summed E-state index contributed by atoms with van der Waals surface area (Å²) in [4.78, 5) is 23.9. The Labute approximate surface area is 154 Å². The molecule has 6 heteroatoms. The van der Waals surface area contributed by atoms with Crippen LogP contribution < -0.4 is 5.32 Å². The first-order chi connectivity index (χ1) is 12.0. The summed E-state index contributed by atoms with van der Waals surface area (Å²) in [5, 5.41) is 11.5. The Hall–Kier alpha value is -2.91. The molecule has 0 saturated heterocycles. The number of nitrogens with one attached hydrogen (secondary N) is 1. The molecule has 25 heavy (non-hydrogen) atoms. The maximum absolute atomic E-state index is 12.1. The molecule has 0 heterocycles. The molecule has 1 N–H and O–H groups in total. The fraction of sp³-hybridized carbons (Fsp3) is 0.105. The predicted molar refractivity (Wildman–Crippen MR) is 98.5 cm³/mol. The number of ether oxygens (including phenoxy) is 1. The second kappa shape index (κ2) is 8.81. The van der Waals surface area contributed by atoms with Gasteiger partial charge in [-0.3, -0.25) is 4.79 Å². The van der Waals surface area contributed by atoms with Crippen molar-refractivity contribution in [3.63, 3.8) is 0 Å². The number of nitriles is 1. The lowest BCUT2D eigenvalue weighted by Gasteiger charge is -2.12. The van der Waals surface area contributed by atoms with Gasteiger partial charge in [0, 0.05) is 16.2 Å². The highest BCUT2D eigenvalue weighted by molar-refractivity contribution is 9.10. The fourth-order valence-corrected chi connectivity index (χ4v) is 2.36. The van der Waals surface area contributed by atoms with Gasteiger partial charge in [0.15, 0.2) is 6.10 Å².